The molecule has 6 N–H and O–H groups in total. The predicted molar refractivity (Wildman–Crippen MR) is 77.7 cm³/mol. The van der Waals surface area contributed by atoms with Gasteiger partial charge in [0.05, 0.1) is 11.3 Å². The van der Waals surface area contributed by atoms with Gasteiger partial charge in [-0.25, -0.2) is 4.79 Å². The first-order valence-corrected chi connectivity index (χ1v) is 6.13. The number of carbonyl (C=O) groups excluding carboxylic acids is 2. The smallest absolute Gasteiger partial charge is 0.317 e. The highest BCUT2D eigenvalue weighted by Gasteiger charge is 2.17. The van der Waals surface area contributed by atoms with Crippen molar-refractivity contribution in [2.45, 2.75) is 0 Å². The molecule has 0 aliphatic heterocycles. The van der Waals surface area contributed by atoms with Crippen LogP contribution in [-0.2, 0) is 0 Å². The number of para-hydroxylation sites is 1. The fourth-order valence-corrected chi connectivity index (χ4v) is 2.12. The molecule has 106 valence electrons. The van der Waals surface area contributed by atoms with Crippen molar-refractivity contribution in [1.82, 2.24) is 4.98 Å². The molecule has 2 heterocycles. The summed E-state index contributed by atoms with van der Waals surface area (Å²) in [5, 5.41) is 3.24. The number of urea groups is 1. The molecule has 2 aromatic heterocycles. The van der Waals surface area contributed by atoms with Crippen molar-refractivity contribution >= 4 is 28.7 Å². The number of hydrogen-bond donors (Lipinski definition) is 4. The minimum absolute atomic E-state index is 0.129. The molecule has 0 atom stereocenters. The Bertz CT molecular complexity index is 814. The van der Waals surface area contributed by atoms with Gasteiger partial charge in [-0.15, -0.1) is 0 Å². The first-order chi connectivity index (χ1) is 10.0. The maximum Gasteiger partial charge on any atom is 0.317 e. The van der Waals surface area contributed by atoms with Gasteiger partial charge in [-0.2, -0.15) is 0 Å². The van der Waals surface area contributed by atoms with Crippen LogP contribution in [0, 0.1) is 0 Å². The van der Waals surface area contributed by atoms with E-state index in [1.807, 2.05) is 30.3 Å². The van der Waals surface area contributed by atoms with Gasteiger partial charge in [-0.05, 0) is 18.2 Å². The Morgan fingerprint density at radius 3 is 2.57 bits per heavy atom. The zero-order chi connectivity index (χ0) is 15.0. The van der Waals surface area contributed by atoms with Gasteiger partial charge in [0.15, 0.2) is 5.76 Å². The van der Waals surface area contributed by atoms with Crippen LogP contribution in [0.3, 0.4) is 0 Å². The Labute approximate surface area is 118 Å². The van der Waals surface area contributed by atoms with Crippen molar-refractivity contribution in [3.63, 3.8) is 0 Å². The van der Waals surface area contributed by atoms with Gasteiger partial charge in [0.2, 0.25) is 0 Å². The van der Waals surface area contributed by atoms with Crippen molar-refractivity contribution in [3.8, 4) is 11.5 Å². The van der Waals surface area contributed by atoms with Crippen LogP contribution in [0.15, 0.2) is 40.8 Å². The molecule has 0 unspecified atom stereocenters. The summed E-state index contributed by atoms with van der Waals surface area (Å²) < 4.78 is 5.68. The van der Waals surface area contributed by atoms with Crippen LogP contribution in [0.5, 0.6) is 0 Å². The summed E-state index contributed by atoms with van der Waals surface area (Å²) in [5.74, 6) is -0.0148. The van der Waals surface area contributed by atoms with Crippen LogP contribution in [0.25, 0.3) is 22.4 Å². The van der Waals surface area contributed by atoms with E-state index in [1.54, 1.807) is 0 Å². The average molecular weight is 284 g/mol. The van der Waals surface area contributed by atoms with Crippen LogP contribution in [-0.4, -0.2) is 16.9 Å². The molecule has 3 aromatic rings. The third-order valence-corrected chi connectivity index (χ3v) is 3.02. The number of rotatable bonds is 3. The molecular formula is C14H12N4O3. The monoisotopic (exact) mass is 284 g/mol. The zero-order valence-electron chi connectivity index (χ0n) is 10.8. The first kappa shape index (κ1) is 12.8. The number of nitrogens with one attached hydrogen (secondary N) is 2. The highest BCUT2D eigenvalue weighted by atomic mass is 16.3. The Hall–Kier alpha value is -3.22. The highest BCUT2D eigenvalue weighted by Crippen LogP contribution is 2.30. The number of primary amides is 2. The summed E-state index contributed by atoms with van der Waals surface area (Å²) in [6, 6.07) is 10.0. The van der Waals surface area contributed by atoms with Crippen molar-refractivity contribution in [2.75, 3.05) is 5.32 Å². The van der Waals surface area contributed by atoms with Crippen LogP contribution >= 0.6 is 0 Å². The first-order valence-electron chi connectivity index (χ1n) is 6.13. The number of aromatic nitrogens is 1. The Kier molecular flexibility index (Phi) is 2.87. The van der Waals surface area contributed by atoms with Crippen molar-refractivity contribution < 1.29 is 14.0 Å². The average Bonchev–Trinajstić information content (AvgIpc) is 3.00. The molecule has 0 aliphatic rings. The topological polar surface area (TPSA) is 127 Å². The number of fused-ring (bicyclic) bond motifs is 1. The fourth-order valence-electron chi connectivity index (χ4n) is 2.12. The Morgan fingerprint density at radius 2 is 1.90 bits per heavy atom. The number of H-pyrrole nitrogens is 1. The van der Waals surface area contributed by atoms with Crippen molar-refractivity contribution in [3.05, 3.63) is 42.0 Å². The van der Waals surface area contributed by atoms with E-state index in [4.69, 9.17) is 15.9 Å². The third kappa shape index (κ3) is 2.32. The molecule has 0 aliphatic carbocycles. The van der Waals surface area contributed by atoms with E-state index < -0.39 is 11.9 Å². The number of nitrogens with two attached hydrogens (primary N) is 2. The molecular weight excluding hydrogens is 272 g/mol. The second-order valence-electron chi connectivity index (χ2n) is 4.47. The van der Waals surface area contributed by atoms with E-state index in [0.29, 0.717) is 17.0 Å². The molecule has 0 saturated carbocycles. The molecule has 7 heteroatoms. The second-order valence-corrected chi connectivity index (χ2v) is 4.47. The van der Waals surface area contributed by atoms with E-state index in [0.717, 1.165) is 5.39 Å². The minimum atomic E-state index is -0.796. The zero-order valence-corrected chi connectivity index (χ0v) is 10.8. The molecule has 1 aromatic carbocycles. The largest absolute Gasteiger partial charge is 0.455 e. The quantitative estimate of drug-likeness (QED) is 0.587. The fraction of sp³-hybridized carbons (Fsp3) is 0. The number of hydrogen-bond acceptors (Lipinski definition) is 3. The van der Waals surface area contributed by atoms with Crippen LogP contribution in [0.4, 0.5) is 10.6 Å². The van der Waals surface area contributed by atoms with E-state index in [-0.39, 0.29) is 11.4 Å². The van der Waals surface area contributed by atoms with Crippen molar-refractivity contribution in [2.24, 2.45) is 11.5 Å². The molecule has 7 nitrogen and oxygen atoms in total. The number of aromatic amines is 1. The number of furan rings is 1. The number of amides is 3. The van der Waals surface area contributed by atoms with Gasteiger partial charge in [-0.1, -0.05) is 18.2 Å². The maximum absolute atomic E-state index is 11.4. The molecule has 3 rings (SSSR count). The third-order valence-electron chi connectivity index (χ3n) is 3.02. The number of carbonyl (C=O) groups is 2. The maximum atomic E-state index is 11.4. The molecule has 21 heavy (non-hydrogen) atoms. The van der Waals surface area contributed by atoms with Gasteiger partial charge >= 0.3 is 6.03 Å². The summed E-state index contributed by atoms with van der Waals surface area (Å²) >= 11 is 0. The standard InChI is InChI=1S/C14H12N4O3/c15-12(19)8-6-9(17-13(8)18-14(16)20)11-5-7-3-1-2-4-10(7)21-11/h1-6,17H,(H2,15,19)(H3,16,18,20). The number of benzene rings is 1. The van der Waals surface area contributed by atoms with E-state index >= 15 is 0 Å². The van der Waals surface area contributed by atoms with Crippen LogP contribution in [0.2, 0.25) is 0 Å². The summed E-state index contributed by atoms with van der Waals surface area (Å²) in [7, 11) is 0. The molecule has 3 amide bonds. The predicted octanol–water partition coefficient (Wildman–Crippen LogP) is 2.02. The lowest BCUT2D eigenvalue weighted by molar-refractivity contribution is 0.100. The summed E-state index contributed by atoms with van der Waals surface area (Å²) in [6.07, 6.45) is 0. The van der Waals surface area contributed by atoms with E-state index in [2.05, 4.69) is 10.3 Å². The van der Waals surface area contributed by atoms with Gasteiger partial charge in [0, 0.05) is 5.39 Å². The van der Waals surface area contributed by atoms with Gasteiger partial charge < -0.3 is 20.9 Å². The molecule has 0 radical (unpaired) electrons. The van der Waals surface area contributed by atoms with Gasteiger partial charge in [0.25, 0.3) is 5.91 Å². The minimum Gasteiger partial charge on any atom is -0.455 e. The van der Waals surface area contributed by atoms with Gasteiger partial charge in [-0.3, -0.25) is 10.1 Å². The summed E-state index contributed by atoms with van der Waals surface area (Å²) in [4.78, 5) is 25.2. The molecule has 0 fully saturated rings. The van der Waals surface area contributed by atoms with E-state index in [1.165, 1.54) is 6.07 Å². The van der Waals surface area contributed by atoms with E-state index in [9.17, 15) is 9.59 Å². The molecule has 0 spiro atoms. The van der Waals surface area contributed by atoms with Crippen LogP contribution in [0.1, 0.15) is 10.4 Å². The lowest BCUT2D eigenvalue weighted by Crippen LogP contribution is -2.22. The summed E-state index contributed by atoms with van der Waals surface area (Å²) in [5.41, 5.74) is 11.7. The molecule has 0 bridgehead atoms. The van der Waals surface area contributed by atoms with Crippen molar-refractivity contribution in [1.29, 1.82) is 0 Å². The second kappa shape index (κ2) is 4.71. The highest BCUT2D eigenvalue weighted by molar-refractivity contribution is 6.03. The van der Waals surface area contributed by atoms with Crippen LogP contribution < -0.4 is 16.8 Å². The number of anilines is 1. The lowest BCUT2D eigenvalue weighted by atomic mass is 10.2. The molecule has 0 saturated heterocycles. The lowest BCUT2D eigenvalue weighted by Gasteiger charge is -1.99. The Morgan fingerprint density at radius 1 is 1.14 bits per heavy atom. The Balaban J connectivity index is 2.09. The normalized spacial score (nSPS) is 10.7. The van der Waals surface area contributed by atoms with Gasteiger partial charge in [0.1, 0.15) is 11.4 Å². The summed E-state index contributed by atoms with van der Waals surface area (Å²) in [6.45, 7) is 0. The SMILES string of the molecule is NC(=O)Nc1[nH]c(-c2cc3ccccc3o2)cc1C(N)=O.